The molecule has 2 aromatic rings. The van der Waals surface area contributed by atoms with Gasteiger partial charge in [-0.25, -0.2) is 4.98 Å². The van der Waals surface area contributed by atoms with E-state index in [1.807, 2.05) is 14.0 Å². The van der Waals surface area contributed by atoms with Crippen LogP contribution in [-0.4, -0.2) is 78.5 Å². The number of halogens is 3. The van der Waals surface area contributed by atoms with Gasteiger partial charge >= 0.3 is 6.18 Å². The van der Waals surface area contributed by atoms with E-state index in [2.05, 4.69) is 35.3 Å². The van der Waals surface area contributed by atoms with Crippen LogP contribution in [0.3, 0.4) is 0 Å². The van der Waals surface area contributed by atoms with E-state index in [0.29, 0.717) is 18.8 Å². The lowest BCUT2D eigenvalue weighted by Crippen LogP contribution is -2.44. The van der Waals surface area contributed by atoms with Crippen molar-refractivity contribution in [2.24, 2.45) is 5.41 Å². The number of rotatable bonds is 5. The van der Waals surface area contributed by atoms with E-state index >= 15 is 0 Å². The molecule has 1 amide bonds. The highest BCUT2D eigenvalue weighted by molar-refractivity contribution is 5.85. The monoisotopic (exact) mass is 517 g/mol. The van der Waals surface area contributed by atoms with Crippen molar-refractivity contribution < 1.29 is 18.0 Å². The van der Waals surface area contributed by atoms with E-state index in [9.17, 15) is 18.0 Å². The van der Waals surface area contributed by atoms with Crippen LogP contribution in [0.15, 0.2) is 24.4 Å². The highest BCUT2D eigenvalue weighted by Gasteiger charge is 2.44. The van der Waals surface area contributed by atoms with Gasteiger partial charge in [0.05, 0.1) is 11.0 Å². The Hall–Kier alpha value is -2.92. The number of alkyl halides is 3. The minimum atomic E-state index is -4.46. The van der Waals surface area contributed by atoms with Crippen LogP contribution in [0.4, 0.5) is 30.6 Å². The lowest BCUT2D eigenvalue weighted by molar-refractivity contribution is -0.138. The fourth-order valence-electron chi connectivity index (χ4n) is 5.59. The fourth-order valence-corrected chi connectivity index (χ4v) is 5.59. The molecule has 8 nitrogen and oxygen atoms in total. The third kappa shape index (κ3) is 5.52. The van der Waals surface area contributed by atoms with Crippen molar-refractivity contribution in [2.75, 3.05) is 63.1 Å². The molecule has 0 atom stereocenters. The first kappa shape index (κ1) is 25.7. The van der Waals surface area contributed by atoms with Crippen molar-refractivity contribution >= 4 is 23.4 Å². The second kappa shape index (κ2) is 10.1. The van der Waals surface area contributed by atoms with Crippen molar-refractivity contribution in [1.29, 1.82) is 0 Å². The van der Waals surface area contributed by atoms with E-state index < -0.39 is 11.7 Å². The maximum absolute atomic E-state index is 14.0. The summed E-state index contributed by atoms with van der Waals surface area (Å²) >= 11 is 0. The first-order valence-corrected chi connectivity index (χ1v) is 12.9. The van der Waals surface area contributed by atoms with Gasteiger partial charge in [-0.3, -0.25) is 9.69 Å². The molecule has 3 aliphatic rings. The fraction of sp³-hybridized carbons (Fsp3) is 0.577. The van der Waals surface area contributed by atoms with Gasteiger partial charge in [0.1, 0.15) is 5.82 Å². The van der Waals surface area contributed by atoms with Gasteiger partial charge < -0.3 is 20.4 Å². The highest BCUT2D eigenvalue weighted by atomic mass is 19.4. The van der Waals surface area contributed by atoms with E-state index in [0.717, 1.165) is 69.4 Å². The molecule has 2 N–H and O–H groups in total. The van der Waals surface area contributed by atoms with Crippen LogP contribution in [-0.2, 0) is 17.5 Å². The molecule has 11 heteroatoms. The summed E-state index contributed by atoms with van der Waals surface area (Å²) < 4.78 is 41.9. The largest absolute Gasteiger partial charge is 0.416 e. The van der Waals surface area contributed by atoms with Crippen LogP contribution in [0, 0.1) is 12.3 Å². The molecule has 1 spiro atoms. The summed E-state index contributed by atoms with van der Waals surface area (Å²) in [6.07, 6.45) is -0.399. The standard InChI is InChI=1S/C26H34F3N7O/c1-18-16-31-24(33-22(18)36-9-6-25(7-10-36)5-8-30-23(25)37)32-20-4-3-19(21(15-20)26(27,28)29)17-35-13-11-34(2)12-14-35/h3-4,15-16H,5-14,17H2,1-2H3,(H,30,37)(H,31,32,33). The minimum absolute atomic E-state index is 0.144. The predicted molar refractivity (Wildman–Crippen MR) is 136 cm³/mol. The van der Waals surface area contributed by atoms with Gasteiger partial charge in [0.25, 0.3) is 0 Å². The number of aromatic nitrogens is 2. The number of likely N-dealkylation sites (N-methyl/N-ethyl adjacent to an activating group) is 1. The normalized spacial score (nSPS) is 20.9. The summed E-state index contributed by atoms with van der Waals surface area (Å²) in [5.41, 5.74) is 0.532. The molecule has 0 saturated carbocycles. The number of piperazine rings is 1. The number of anilines is 3. The molecular formula is C26H34F3N7O. The molecular weight excluding hydrogens is 483 g/mol. The van der Waals surface area contributed by atoms with E-state index in [1.165, 1.54) is 0 Å². The summed E-state index contributed by atoms with van der Waals surface area (Å²) in [6, 6.07) is 4.36. The maximum atomic E-state index is 14.0. The Morgan fingerprint density at radius 1 is 1.08 bits per heavy atom. The zero-order chi connectivity index (χ0) is 26.2. The zero-order valence-electron chi connectivity index (χ0n) is 21.4. The van der Waals surface area contributed by atoms with Crippen molar-refractivity contribution in [3.05, 3.63) is 41.1 Å². The Morgan fingerprint density at radius 3 is 2.46 bits per heavy atom. The second-order valence-corrected chi connectivity index (χ2v) is 10.5. The lowest BCUT2D eigenvalue weighted by atomic mass is 9.77. The van der Waals surface area contributed by atoms with Gasteiger partial charge in [-0.15, -0.1) is 0 Å². The average molecular weight is 518 g/mol. The van der Waals surface area contributed by atoms with Crippen molar-refractivity contribution in [3.8, 4) is 0 Å². The number of nitrogens with one attached hydrogen (secondary N) is 2. The molecule has 0 radical (unpaired) electrons. The summed E-state index contributed by atoms with van der Waals surface area (Å²) in [7, 11) is 2.02. The SMILES string of the molecule is Cc1cnc(Nc2ccc(CN3CCN(C)CC3)c(C(F)(F)F)c2)nc1N1CCC2(CCNC2=O)CC1. The summed E-state index contributed by atoms with van der Waals surface area (Å²) in [5, 5.41) is 5.93. The third-order valence-electron chi connectivity index (χ3n) is 8.00. The quantitative estimate of drug-likeness (QED) is 0.630. The minimum Gasteiger partial charge on any atom is -0.356 e. The smallest absolute Gasteiger partial charge is 0.356 e. The number of benzene rings is 1. The Labute approximate surface area is 215 Å². The number of amides is 1. The first-order valence-electron chi connectivity index (χ1n) is 12.9. The molecule has 200 valence electrons. The van der Waals surface area contributed by atoms with Gasteiger partial charge in [-0.1, -0.05) is 6.07 Å². The molecule has 0 unspecified atom stereocenters. The van der Waals surface area contributed by atoms with Crippen LogP contribution in [0.5, 0.6) is 0 Å². The van der Waals surface area contributed by atoms with Crippen molar-refractivity contribution in [1.82, 2.24) is 25.1 Å². The number of hydrogen-bond acceptors (Lipinski definition) is 7. The number of aryl methyl sites for hydroxylation is 1. The molecule has 1 aromatic heterocycles. The Kier molecular flexibility index (Phi) is 7.01. The Morgan fingerprint density at radius 2 is 1.81 bits per heavy atom. The molecule has 3 fully saturated rings. The van der Waals surface area contributed by atoms with E-state index in [4.69, 9.17) is 0 Å². The molecule has 0 bridgehead atoms. The maximum Gasteiger partial charge on any atom is 0.416 e. The van der Waals surface area contributed by atoms with Crippen LogP contribution >= 0.6 is 0 Å². The van der Waals surface area contributed by atoms with E-state index in [1.54, 1.807) is 18.3 Å². The molecule has 0 aliphatic carbocycles. The van der Waals surface area contributed by atoms with Crippen molar-refractivity contribution in [2.45, 2.75) is 38.9 Å². The Balaban J connectivity index is 1.31. The van der Waals surface area contributed by atoms with E-state index in [-0.39, 0.29) is 29.4 Å². The average Bonchev–Trinajstić information content (AvgIpc) is 3.22. The number of hydrogen-bond donors (Lipinski definition) is 2. The molecule has 1 aromatic carbocycles. The van der Waals surface area contributed by atoms with Crippen LogP contribution in [0.1, 0.15) is 36.0 Å². The van der Waals surface area contributed by atoms with Gasteiger partial charge in [0, 0.05) is 69.8 Å². The molecule has 37 heavy (non-hydrogen) atoms. The summed E-state index contributed by atoms with van der Waals surface area (Å²) in [6.45, 7) is 7.50. The van der Waals surface area contributed by atoms with Gasteiger partial charge in [0.15, 0.2) is 0 Å². The van der Waals surface area contributed by atoms with Crippen LogP contribution < -0.4 is 15.5 Å². The predicted octanol–water partition coefficient (Wildman–Crippen LogP) is 3.40. The third-order valence-corrected chi connectivity index (χ3v) is 8.00. The zero-order valence-corrected chi connectivity index (χ0v) is 21.4. The molecule has 4 heterocycles. The highest BCUT2D eigenvalue weighted by Crippen LogP contribution is 2.40. The molecule has 3 aliphatic heterocycles. The van der Waals surface area contributed by atoms with Gasteiger partial charge in [-0.2, -0.15) is 18.2 Å². The number of nitrogens with zero attached hydrogens (tertiary/aromatic N) is 5. The van der Waals surface area contributed by atoms with Gasteiger partial charge in [-0.05, 0) is 50.9 Å². The Bertz CT molecular complexity index is 1140. The lowest BCUT2D eigenvalue weighted by Gasteiger charge is -2.38. The molecule has 5 rings (SSSR count). The first-order chi connectivity index (χ1) is 17.6. The number of carbonyl (C=O) groups is 1. The summed E-state index contributed by atoms with van der Waals surface area (Å²) in [4.78, 5) is 27.7. The molecule has 3 saturated heterocycles. The van der Waals surface area contributed by atoms with Crippen LogP contribution in [0.25, 0.3) is 0 Å². The number of piperidine rings is 1. The second-order valence-electron chi connectivity index (χ2n) is 10.5. The number of carbonyl (C=O) groups excluding carboxylic acids is 1. The summed E-state index contributed by atoms with van der Waals surface area (Å²) in [5.74, 6) is 1.14. The van der Waals surface area contributed by atoms with Gasteiger partial charge in [0.2, 0.25) is 11.9 Å². The topological polar surface area (TPSA) is 76.6 Å². The van der Waals surface area contributed by atoms with Crippen molar-refractivity contribution in [3.63, 3.8) is 0 Å². The van der Waals surface area contributed by atoms with Crippen LogP contribution in [0.2, 0.25) is 0 Å².